The summed E-state index contributed by atoms with van der Waals surface area (Å²) in [6.07, 6.45) is 3.72. The molecule has 0 N–H and O–H groups in total. The lowest BCUT2D eigenvalue weighted by Crippen LogP contribution is -2.41. The molecule has 2 rings (SSSR count). The zero-order valence-electron chi connectivity index (χ0n) is 14.4. The average Bonchev–Trinajstić information content (AvgIpc) is 2.83. The van der Waals surface area contributed by atoms with Crippen LogP contribution in [0.5, 0.6) is 5.75 Å². The number of rotatable bonds is 8. The number of carbonyl (C=O) groups excluding carboxylic acids is 2. The van der Waals surface area contributed by atoms with Gasteiger partial charge in [-0.05, 0) is 49.8 Å². The summed E-state index contributed by atoms with van der Waals surface area (Å²) in [6, 6.07) is 7.45. The molecule has 0 aliphatic carbocycles. The number of benzene rings is 1. The van der Waals surface area contributed by atoms with Gasteiger partial charge in [-0.2, -0.15) is 0 Å². The molecule has 0 radical (unpaired) electrons. The number of hydrogen-bond donors (Lipinski definition) is 0. The fourth-order valence-corrected chi connectivity index (χ4v) is 3.46. The summed E-state index contributed by atoms with van der Waals surface area (Å²) in [5.41, 5.74) is 0.796. The Hall–Kier alpha value is -1.79. The van der Waals surface area contributed by atoms with Gasteiger partial charge in [0.25, 0.3) is 11.1 Å². The van der Waals surface area contributed by atoms with Crippen LogP contribution < -0.4 is 4.74 Å². The Balaban J connectivity index is 2.17. The number of imide groups is 1. The molecule has 1 aromatic rings. The topological polar surface area (TPSA) is 49.9 Å². The second kappa shape index (κ2) is 8.89. The predicted octanol–water partition coefficient (Wildman–Crippen LogP) is 3.81. The quantitative estimate of drug-likeness (QED) is 0.669. The molecule has 5 nitrogen and oxygen atoms in total. The largest absolute Gasteiger partial charge is 0.496 e. The third-order valence-electron chi connectivity index (χ3n) is 3.72. The first-order valence-corrected chi connectivity index (χ1v) is 9.03. The van der Waals surface area contributed by atoms with Crippen LogP contribution in [0.3, 0.4) is 0 Å². The lowest BCUT2D eigenvalue weighted by molar-refractivity contribution is -0.124. The van der Waals surface area contributed by atoms with E-state index in [9.17, 15) is 9.59 Å². The average molecular weight is 348 g/mol. The molecule has 1 saturated heterocycles. The van der Waals surface area contributed by atoms with Crippen LogP contribution in [0.25, 0.3) is 6.08 Å². The summed E-state index contributed by atoms with van der Waals surface area (Å²) < 4.78 is 5.30. The van der Waals surface area contributed by atoms with E-state index >= 15 is 0 Å². The molecule has 0 bridgehead atoms. The minimum absolute atomic E-state index is 0.210. The zero-order chi connectivity index (χ0) is 17.5. The molecular weight excluding hydrogens is 324 g/mol. The van der Waals surface area contributed by atoms with Gasteiger partial charge in [0.2, 0.25) is 0 Å². The Morgan fingerprint density at radius 1 is 1.17 bits per heavy atom. The van der Waals surface area contributed by atoms with E-state index in [1.807, 2.05) is 24.3 Å². The molecule has 1 aromatic carbocycles. The van der Waals surface area contributed by atoms with Gasteiger partial charge in [-0.3, -0.25) is 19.4 Å². The molecule has 0 spiro atoms. The highest BCUT2D eigenvalue weighted by molar-refractivity contribution is 8.18. The van der Waals surface area contributed by atoms with E-state index in [0.29, 0.717) is 17.3 Å². The monoisotopic (exact) mass is 348 g/mol. The van der Waals surface area contributed by atoms with E-state index in [4.69, 9.17) is 4.74 Å². The van der Waals surface area contributed by atoms with Crippen molar-refractivity contribution in [3.63, 3.8) is 0 Å². The molecular formula is C18H24N2O3S. The van der Waals surface area contributed by atoms with Gasteiger partial charge in [0.1, 0.15) is 5.75 Å². The van der Waals surface area contributed by atoms with Crippen molar-refractivity contribution >= 4 is 29.0 Å². The molecule has 1 fully saturated rings. The fraction of sp³-hybridized carbons (Fsp3) is 0.444. The molecule has 1 aliphatic heterocycles. The Labute approximate surface area is 147 Å². The Morgan fingerprint density at radius 3 is 2.46 bits per heavy atom. The molecule has 1 heterocycles. The van der Waals surface area contributed by atoms with Gasteiger partial charge in [0, 0.05) is 5.56 Å². The molecule has 24 heavy (non-hydrogen) atoms. The maximum absolute atomic E-state index is 12.6. The number of methoxy groups -OCH3 is 1. The lowest BCUT2D eigenvalue weighted by Gasteiger charge is -2.25. The van der Waals surface area contributed by atoms with Crippen molar-refractivity contribution in [2.45, 2.75) is 26.7 Å². The van der Waals surface area contributed by atoms with Crippen LogP contribution in [0.2, 0.25) is 0 Å². The SMILES string of the molecule is CCCN(CCC)CN1C(=O)S/C(=C/c2ccccc2OC)C1=O. The highest BCUT2D eigenvalue weighted by Crippen LogP contribution is 2.34. The number of ether oxygens (including phenoxy) is 1. The van der Waals surface area contributed by atoms with Crippen molar-refractivity contribution in [3.05, 3.63) is 34.7 Å². The van der Waals surface area contributed by atoms with Crippen LogP contribution in [0.1, 0.15) is 32.3 Å². The minimum atomic E-state index is -0.229. The van der Waals surface area contributed by atoms with Crippen molar-refractivity contribution in [3.8, 4) is 5.75 Å². The van der Waals surface area contributed by atoms with Crippen LogP contribution >= 0.6 is 11.8 Å². The summed E-state index contributed by atoms with van der Waals surface area (Å²) in [5.74, 6) is 0.455. The second-order valence-corrected chi connectivity index (χ2v) is 6.60. The maximum Gasteiger partial charge on any atom is 0.294 e. The molecule has 2 amide bonds. The van der Waals surface area contributed by atoms with Crippen molar-refractivity contribution < 1.29 is 14.3 Å². The van der Waals surface area contributed by atoms with E-state index in [-0.39, 0.29) is 11.1 Å². The van der Waals surface area contributed by atoms with Gasteiger partial charge in [0.05, 0.1) is 18.7 Å². The Bertz CT molecular complexity index is 624. The van der Waals surface area contributed by atoms with Gasteiger partial charge in [-0.15, -0.1) is 0 Å². The molecule has 0 aromatic heterocycles. The van der Waals surface area contributed by atoms with Crippen molar-refractivity contribution in [2.75, 3.05) is 26.9 Å². The Kier molecular flexibility index (Phi) is 6.87. The van der Waals surface area contributed by atoms with Crippen LogP contribution in [0.15, 0.2) is 29.2 Å². The summed E-state index contributed by atoms with van der Waals surface area (Å²) in [4.78, 5) is 28.8. The zero-order valence-corrected chi connectivity index (χ0v) is 15.3. The van der Waals surface area contributed by atoms with E-state index in [1.165, 1.54) is 4.90 Å². The van der Waals surface area contributed by atoms with Crippen LogP contribution in [0.4, 0.5) is 4.79 Å². The first kappa shape index (κ1) is 18.5. The van der Waals surface area contributed by atoms with Gasteiger partial charge in [-0.1, -0.05) is 32.0 Å². The molecule has 130 valence electrons. The van der Waals surface area contributed by atoms with Crippen molar-refractivity contribution in [2.24, 2.45) is 0 Å². The van der Waals surface area contributed by atoms with Crippen molar-refractivity contribution in [1.82, 2.24) is 9.80 Å². The van der Waals surface area contributed by atoms with E-state index in [0.717, 1.165) is 43.3 Å². The third kappa shape index (κ3) is 4.39. The van der Waals surface area contributed by atoms with E-state index < -0.39 is 0 Å². The lowest BCUT2D eigenvalue weighted by atomic mass is 10.2. The first-order valence-electron chi connectivity index (χ1n) is 8.21. The van der Waals surface area contributed by atoms with Crippen LogP contribution in [0, 0.1) is 0 Å². The summed E-state index contributed by atoms with van der Waals surface area (Å²) in [5, 5.41) is -0.210. The number of nitrogens with zero attached hydrogens (tertiary/aromatic N) is 2. The predicted molar refractivity (Wildman–Crippen MR) is 97.8 cm³/mol. The number of amides is 2. The summed E-state index contributed by atoms with van der Waals surface area (Å²) in [7, 11) is 1.59. The second-order valence-electron chi connectivity index (χ2n) is 5.61. The van der Waals surface area contributed by atoms with Gasteiger partial charge in [-0.25, -0.2) is 0 Å². The van der Waals surface area contributed by atoms with Gasteiger partial charge in [0.15, 0.2) is 0 Å². The molecule has 1 aliphatic rings. The smallest absolute Gasteiger partial charge is 0.294 e. The van der Waals surface area contributed by atoms with Crippen molar-refractivity contribution in [1.29, 1.82) is 0 Å². The van der Waals surface area contributed by atoms with Crippen LogP contribution in [-0.4, -0.2) is 47.8 Å². The standard InChI is InChI=1S/C18H24N2O3S/c1-4-10-19(11-5-2)13-20-17(21)16(24-18(20)22)12-14-8-6-7-9-15(14)23-3/h6-9,12H,4-5,10-11,13H2,1-3H3/b16-12+. The maximum atomic E-state index is 12.6. The number of thioether (sulfide) groups is 1. The number of hydrogen-bond acceptors (Lipinski definition) is 5. The van der Waals surface area contributed by atoms with Gasteiger partial charge < -0.3 is 4.74 Å². The van der Waals surface area contributed by atoms with E-state index in [2.05, 4.69) is 18.7 Å². The molecule has 0 atom stereocenters. The highest BCUT2D eigenvalue weighted by Gasteiger charge is 2.35. The Morgan fingerprint density at radius 2 is 1.83 bits per heavy atom. The summed E-state index contributed by atoms with van der Waals surface area (Å²) >= 11 is 0.990. The number of carbonyl (C=O) groups is 2. The molecule has 0 saturated carbocycles. The summed E-state index contributed by atoms with van der Waals surface area (Å²) in [6.45, 7) is 6.30. The van der Waals surface area contributed by atoms with E-state index in [1.54, 1.807) is 13.2 Å². The normalized spacial score (nSPS) is 16.5. The minimum Gasteiger partial charge on any atom is -0.496 e. The van der Waals surface area contributed by atoms with Gasteiger partial charge >= 0.3 is 0 Å². The molecule has 0 unspecified atom stereocenters. The first-order chi connectivity index (χ1) is 11.6. The fourth-order valence-electron chi connectivity index (χ4n) is 2.63. The highest BCUT2D eigenvalue weighted by atomic mass is 32.2. The molecule has 6 heteroatoms. The number of para-hydroxylation sites is 1. The third-order valence-corrected chi connectivity index (χ3v) is 4.63. The van der Waals surface area contributed by atoms with Crippen LogP contribution in [-0.2, 0) is 4.79 Å².